The molecule has 7 nitrogen and oxygen atoms in total. The van der Waals surface area contributed by atoms with Gasteiger partial charge in [-0.25, -0.2) is 9.48 Å². The van der Waals surface area contributed by atoms with Crippen LogP contribution in [-0.2, 0) is 13.1 Å². The standard InChI is InChI=1S/C20H21N5O2/c1-14(17-8-9-21-11-19(17)27-2)23-20(26)24-12-15-10-22-25(18(15)13-24)16-6-4-3-5-7-16/h3-11,14H,12-13H2,1-2H3,(H,23,26). The number of urea groups is 1. The summed E-state index contributed by atoms with van der Waals surface area (Å²) in [6.45, 7) is 3.01. The van der Waals surface area contributed by atoms with Crippen molar-refractivity contribution in [2.75, 3.05) is 7.11 Å². The van der Waals surface area contributed by atoms with Gasteiger partial charge in [0.15, 0.2) is 0 Å². The van der Waals surface area contributed by atoms with Crippen molar-refractivity contribution in [3.63, 3.8) is 0 Å². The summed E-state index contributed by atoms with van der Waals surface area (Å²) in [6.07, 6.45) is 5.18. The number of hydrogen-bond donors (Lipinski definition) is 1. The number of nitrogens with zero attached hydrogens (tertiary/aromatic N) is 4. The number of amides is 2. The molecule has 3 aromatic rings. The zero-order valence-corrected chi connectivity index (χ0v) is 15.3. The molecule has 1 atom stereocenters. The molecule has 4 rings (SSSR count). The molecule has 0 aliphatic carbocycles. The molecule has 2 amide bonds. The highest BCUT2D eigenvalue weighted by molar-refractivity contribution is 5.75. The van der Waals surface area contributed by atoms with Crippen LogP contribution in [0.25, 0.3) is 5.69 Å². The average molecular weight is 363 g/mol. The minimum Gasteiger partial charge on any atom is -0.495 e. The summed E-state index contributed by atoms with van der Waals surface area (Å²) >= 11 is 0. The lowest BCUT2D eigenvalue weighted by molar-refractivity contribution is 0.194. The summed E-state index contributed by atoms with van der Waals surface area (Å²) in [5, 5.41) is 7.51. The van der Waals surface area contributed by atoms with Crippen LogP contribution in [0.2, 0.25) is 0 Å². The largest absolute Gasteiger partial charge is 0.495 e. The first kappa shape index (κ1) is 17.1. The van der Waals surface area contributed by atoms with Crippen molar-refractivity contribution in [3.8, 4) is 11.4 Å². The molecule has 2 aromatic heterocycles. The van der Waals surface area contributed by atoms with Gasteiger partial charge >= 0.3 is 6.03 Å². The van der Waals surface area contributed by atoms with Gasteiger partial charge in [-0.2, -0.15) is 5.10 Å². The highest BCUT2D eigenvalue weighted by Gasteiger charge is 2.28. The van der Waals surface area contributed by atoms with Crippen LogP contribution in [0, 0.1) is 0 Å². The Labute approximate surface area is 157 Å². The Morgan fingerprint density at radius 1 is 1.19 bits per heavy atom. The highest BCUT2D eigenvalue weighted by Crippen LogP contribution is 2.27. The Morgan fingerprint density at radius 3 is 2.78 bits per heavy atom. The zero-order chi connectivity index (χ0) is 18.8. The van der Waals surface area contributed by atoms with Crippen LogP contribution in [0.3, 0.4) is 0 Å². The maximum Gasteiger partial charge on any atom is 0.318 e. The van der Waals surface area contributed by atoms with Crippen LogP contribution >= 0.6 is 0 Å². The van der Waals surface area contributed by atoms with Gasteiger partial charge in [-0.15, -0.1) is 0 Å². The number of fused-ring (bicyclic) bond motifs is 1. The van der Waals surface area contributed by atoms with E-state index in [0.717, 1.165) is 22.5 Å². The van der Waals surface area contributed by atoms with Gasteiger partial charge in [0.1, 0.15) is 5.75 Å². The number of rotatable bonds is 4. The van der Waals surface area contributed by atoms with Crippen LogP contribution < -0.4 is 10.1 Å². The van der Waals surface area contributed by atoms with Gasteiger partial charge in [-0.1, -0.05) is 18.2 Å². The molecule has 0 radical (unpaired) electrons. The van der Waals surface area contributed by atoms with E-state index in [1.165, 1.54) is 0 Å². The van der Waals surface area contributed by atoms with Crippen molar-refractivity contribution in [2.45, 2.75) is 26.1 Å². The molecule has 1 unspecified atom stereocenters. The number of nitrogens with one attached hydrogen (secondary N) is 1. The molecule has 7 heteroatoms. The molecule has 1 N–H and O–H groups in total. The van der Waals surface area contributed by atoms with Crippen molar-refractivity contribution in [1.29, 1.82) is 0 Å². The van der Waals surface area contributed by atoms with Gasteiger partial charge < -0.3 is 15.0 Å². The van der Waals surface area contributed by atoms with E-state index in [4.69, 9.17) is 4.74 Å². The maximum atomic E-state index is 12.8. The van der Waals surface area contributed by atoms with Crippen molar-refractivity contribution >= 4 is 6.03 Å². The molecular formula is C20H21N5O2. The monoisotopic (exact) mass is 363 g/mol. The smallest absolute Gasteiger partial charge is 0.318 e. The SMILES string of the molecule is COc1cnccc1C(C)NC(=O)N1Cc2cnn(-c3ccccc3)c2C1. The Hall–Kier alpha value is -3.35. The van der Waals surface area contributed by atoms with E-state index in [9.17, 15) is 4.79 Å². The molecule has 0 saturated heterocycles. The number of pyridine rings is 1. The van der Waals surface area contributed by atoms with Crippen LogP contribution in [0.1, 0.15) is 29.8 Å². The number of aromatic nitrogens is 3. The third-order valence-electron chi connectivity index (χ3n) is 4.79. The van der Waals surface area contributed by atoms with E-state index in [2.05, 4.69) is 15.4 Å². The Morgan fingerprint density at radius 2 is 2.00 bits per heavy atom. The zero-order valence-electron chi connectivity index (χ0n) is 15.3. The quantitative estimate of drug-likeness (QED) is 0.773. The predicted molar refractivity (Wildman–Crippen MR) is 101 cm³/mol. The first-order valence-electron chi connectivity index (χ1n) is 8.82. The van der Waals surface area contributed by atoms with Gasteiger partial charge in [-0.05, 0) is 25.1 Å². The fraction of sp³-hybridized carbons (Fsp3) is 0.250. The van der Waals surface area contributed by atoms with Crippen LogP contribution in [0.5, 0.6) is 5.75 Å². The summed E-state index contributed by atoms with van der Waals surface area (Å²) in [6, 6.07) is 11.5. The van der Waals surface area contributed by atoms with Crippen LogP contribution in [0.15, 0.2) is 55.0 Å². The van der Waals surface area contributed by atoms with Crippen molar-refractivity contribution in [3.05, 3.63) is 71.8 Å². The van der Waals surface area contributed by atoms with Gasteiger partial charge in [-0.3, -0.25) is 4.98 Å². The van der Waals surface area contributed by atoms with Gasteiger partial charge in [0.05, 0.1) is 50.0 Å². The van der Waals surface area contributed by atoms with Crippen molar-refractivity contribution in [2.24, 2.45) is 0 Å². The molecular weight excluding hydrogens is 342 g/mol. The number of benzene rings is 1. The number of carbonyl (C=O) groups excluding carboxylic acids is 1. The lowest BCUT2D eigenvalue weighted by atomic mass is 10.1. The van der Waals surface area contributed by atoms with Gasteiger partial charge in [0.25, 0.3) is 0 Å². The van der Waals surface area contributed by atoms with Crippen LogP contribution in [0.4, 0.5) is 4.79 Å². The third-order valence-corrected chi connectivity index (χ3v) is 4.79. The molecule has 138 valence electrons. The lowest BCUT2D eigenvalue weighted by Gasteiger charge is -2.22. The number of methoxy groups -OCH3 is 1. The second kappa shape index (κ2) is 7.11. The first-order valence-corrected chi connectivity index (χ1v) is 8.82. The van der Waals surface area contributed by atoms with Gasteiger partial charge in [0, 0.05) is 17.3 Å². The molecule has 0 fully saturated rings. The molecule has 0 spiro atoms. The van der Waals surface area contributed by atoms with E-state index in [1.54, 1.807) is 24.4 Å². The molecule has 27 heavy (non-hydrogen) atoms. The second-order valence-corrected chi connectivity index (χ2v) is 6.51. The molecule has 3 heterocycles. The summed E-state index contributed by atoms with van der Waals surface area (Å²) in [7, 11) is 1.60. The normalized spacial score (nSPS) is 13.9. The third kappa shape index (κ3) is 3.23. The molecule has 0 bridgehead atoms. The topological polar surface area (TPSA) is 72.3 Å². The Balaban J connectivity index is 1.47. The minimum atomic E-state index is -0.190. The van der Waals surface area contributed by atoms with E-state index >= 15 is 0 Å². The Bertz CT molecular complexity index is 954. The van der Waals surface area contributed by atoms with E-state index in [1.807, 2.05) is 54.2 Å². The molecule has 1 aliphatic rings. The fourth-order valence-corrected chi connectivity index (χ4v) is 3.36. The average Bonchev–Trinajstić information content (AvgIpc) is 3.29. The summed E-state index contributed by atoms with van der Waals surface area (Å²) in [5.74, 6) is 0.662. The number of carbonyl (C=O) groups is 1. The van der Waals surface area contributed by atoms with E-state index < -0.39 is 0 Å². The fourth-order valence-electron chi connectivity index (χ4n) is 3.36. The van der Waals surface area contributed by atoms with Crippen LogP contribution in [-0.4, -0.2) is 32.8 Å². The van der Waals surface area contributed by atoms with Crippen molar-refractivity contribution in [1.82, 2.24) is 25.0 Å². The second-order valence-electron chi connectivity index (χ2n) is 6.51. The summed E-state index contributed by atoms with van der Waals surface area (Å²) in [4.78, 5) is 18.6. The Kier molecular flexibility index (Phi) is 4.50. The van der Waals surface area contributed by atoms with Gasteiger partial charge in [0.2, 0.25) is 0 Å². The highest BCUT2D eigenvalue weighted by atomic mass is 16.5. The first-order chi connectivity index (χ1) is 13.2. The predicted octanol–water partition coefficient (Wildman–Crippen LogP) is 3.06. The minimum absolute atomic E-state index is 0.114. The number of hydrogen-bond acceptors (Lipinski definition) is 4. The summed E-state index contributed by atoms with van der Waals surface area (Å²) < 4.78 is 7.24. The molecule has 1 aromatic carbocycles. The number of ether oxygens (including phenoxy) is 1. The maximum absolute atomic E-state index is 12.8. The molecule has 0 saturated carbocycles. The lowest BCUT2D eigenvalue weighted by Crippen LogP contribution is -2.38. The van der Waals surface area contributed by atoms with Crippen molar-refractivity contribution < 1.29 is 9.53 Å². The van der Waals surface area contributed by atoms with E-state index in [-0.39, 0.29) is 12.1 Å². The van der Waals surface area contributed by atoms with E-state index in [0.29, 0.717) is 18.8 Å². The summed E-state index contributed by atoms with van der Waals surface area (Å²) in [5.41, 5.74) is 4.01. The molecule has 1 aliphatic heterocycles. The number of para-hydroxylation sites is 1.